The zero-order valence-corrected chi connectivity index (χ0v) is 22.8. The van der Waals surface area contributed by atoms with Gasteiger partial charge in [-0.2, -0.15) is 0 Å². The van der Waals surface area contributed by atoms with E-state index in [2.05, 4.69) is 24.4 Å². The molecule has 4 nitrogen and oxygen atoms in total. The number of aliphatic imine (C=N–C) groups is 1. The zero-order chi connectivity index (χ0) is 24.5. The van der Waals surface area contributed by atoms with Gasteiger partial charge in [-0.05, 0) is 81.3 Å². The number of rotatable bonds is 7. The molecule has 1 saturated carbocycles. The predicted octanol–water partition coefficient (Wildman–Crippen LogP) is 8.09. The van der Waals surface area contributed by atoms with Gasteiger partial charge in [0.05, 0.1) is 11.3 Å². The van der Waals surface area contributed by atoms with Crippen molar-refractivity contribution >= 4 is 17.3 Å². The van der Waals surface area contributed by atoms with Crippen LogP contribution >= 0.6 is 0 Å². The number of carbonyl (C=O) groups excluding carboxylic acids is 1. The van der Waals surface area contributed by atoms with Crippen molar-refractivity contribution in [2.24, 2.45) is 22.7 Å². The van der Waals surface area contributed by atoms with E-state index in [4.69, 9.17) is 4.99 Å². The molecule has 1 unspecified atom stereocenters. The molecule has 1 fully saturated rings. The first-order valence-electron chi connectivity index (χ1n) is 13.7. The van der Waals surface area contributed by atoms with E-state index in [9.17, 15) is 4.79 Å². The van der Waals surface area contributed by atoms with Gasteiger partial charge in [0, 0.05) is 12.8 Å². The Balaban J connectivity index is 0.00000207. The van der Waals surface area contributed by atoms with Crippen molar-refractivity contribution in [2.45, 2.75) is 105 Å². The van der Waals surface area contributed by atoms with Crippen molar-refractivity contribution in [2.75, 3.05) is 7.05 Å². The minimum absolute atomic E-state index is 0. The largest absolute Gasteiger partial charge is 0.412 e. The van der Waals surface area contributed by atoms with Crippen molar-refractivity contribution < 1.29 is 10.3 Å². The van der Waals surface area contributed by atoms with Crippen LogP contribution in [0.25, 0.3) is 0 Å². The molecule has 0 aliphatic heterocycles. The van der Waals surface area contributed by atoms with Crippen LogP contribution in [-0.2, 0) is 0 Å². The Kier molecular flexibility index (Phi) is 18.3. The summed E-state index contributed by atoms with van der Waals surface area (Å²) in [6.45, 7) is 10.4. The normalized spacial score (nSPS) is 22.1. The summed E-state index contributed by atoms with van der Waals surface area (Å²) in [7, 11) is 1.69. The van der Waals surface area contributed by atoms with Crippen molar-refractivity contribution in [3.8, 4) is 0 Å². The number of benzene rings is 1. The molecule has 34 heavy (non-hydrogen) atoms. The van der Waals surface area contributed by atoms with Crippen LogP contribution in [0.5, 0.6) is 0 Å². The molecular weight excluding hydrogens is 420 g/mol. The number of hydrogen-bond acceptors (Lipinski definition) is 2. The third-order valence-electron chi connectivity index (χ3n) is 6.79. The molecule has 2 aliphatic carbocycles. The first-order valence-corrected chi connectivity index (χ1v) is 13.7. The number of para-hydroxylation sites is 1. The zero-order valence-electron chi connectivity index (χ0n) is 22.8. The van der Waals surface area contributed by atoms with Crippen LogP contribution in [0, 0.1) is 17.8 Å². The van der Waals surface area contributed by atoms with Crippen LogP contribution in [0.1, 0.15) is 116 Å². The van der Waals surface area contributed by atoms with Gasteiger partial charge < -0.3 is 10.8 Å². The molecule has 3 atom stereocenters. The highest BCUT2D eigenvalue weighted by molar-refractivity contribution is 6.00. The molecule has 0 saturated heterocycles. The van der Waals surface area contributed by atoms with Crippen molar-refractivity contribution in [3.63, 3.8) is 0 Å². The SMILES string of the molecule is CC.CC.CNC(=O)c1ccccc1N=C(CCC[C@H]1CC=CCC1)[C@H]1CCCC(C)CC1.O. The summed E-state index contributed by atoms with van der Waals surface area (Å²) >= 11 is 0. The van der Waals surface area contributed by atoms with Crippen molar-refractivity contribution in [3.05, 3.63) is 42.0 Å². The van der Waals surface area contributed by atoms with Gasteiger partial charge in [0.15, 0.2) is 0 Å². The smallest absolute Gasteiger partial charge is 0.253 e. The summed E-state index contributed by atoms with van der Waals surface area (Å²) in [6, 6.07) is 7.80. The molecular formula is C30H52N2O2. The third-order valence-corrected chi connectivity index (χ3v) is 6.79. The maximum Gasteiger partial charge on any atom is 0.253 e. The molecule has 0 spiro atoms. The quantitative estimate of drug-likeness (QED) is 0.243. The summed E-state index contributed by atoms with van der Waals surface area (Å²) in [5.41, 5.74) is 2.86. The molecule has 0 bridgehead atoms. The van der Waals surface area contributed by atoms with Crippen LogP contribution in [0.15, 0.2) is 41.4 Å². The molecule has 1 aromatic rings. The van der Waals surface area contributed by atoms with Gasteiger partial charge in [-0.25, -0.2) is 0 Å². The molecule has 1 amide bonds. The topological polar surface area (TPSA) is 73.0 Å². The standard InChI is InChI=1S/C26H38N2O.2C2H6.H2O/c1-20-10-8-14-22(19-18-20)24(17-9-13-21-11-4-3-5-12-21)28-25-16-7-6-15-23(25)26(29)27-2;2*1-2;/h3-4,6-7,15-16,20-22H,5,8-14,17-19H2,1-2H3,(H,27,29);2*1-2H3;1H2/t20?,21-,22-;;;/m0.../s1. The van der Waals surface area contributed by atoms with E-state index in [0.717, 1.165) is 23.9 Å². The van der Waals surface area contributed by atoms with Gasteiger partial charge in [-0.15, -0.1) is 0 Å². The molecule has 3 rings (SSSR count). The third kappa shape index (κ3) is 11.0. The fraction of sp³-hybridized carbons (Fsp3) is 0.667. The summed E-state index contributed by atoms with van der Waals surface area (Å²) < 4.78 is 0. The highest BCUT2D eigenvalue weighted by Crippen LogP contribution is 2.32. The maximum atomic E-state index is 12.3. The predicted molar refractivity (Wildman–Crippen MR) is 149 cm³/mol. The second-order valence-electron chi connectivity index (χ2n) is 9.05. The molecule has 194 valence electrons. The van der Waals surface area contributed by atoms with Crippen molar-refractivity contribution in [1.82, 2.24) is 5.32 Å². The van der Waals surface area contributed by atoms with E-state index in [1.807, 2.05) is 52.0 Å². The van der Waals surface area contributed by atoms with E-state index < -0.39 is 0 Å². The summed E-state index contributed by atoms with van der Waals surface area (Å²) in [4.78, 5) is 17.5. The van der Waals surface area contributed by atoms with Crippen molar-refractivity contribution in [1.29, 1.82) is 0 Å². The van der Waals surface area contributed by atoms with Gasteiger partial charge in [-0.1, -0.05) is 78.2 Å². The van der Waals surface area contributed by atoms with Gasteiger partial charge >= 0.3 is 0 Å². The Morgan fingerprint density at radius 2 is 1.74 bits per heavy atom. The molecule has 2 aliphatic rings. The average Bonchev–Trinajstić information content (AvgIpc) is 3.10. The first-order chi connectivity index (χ1) is 16.2. The van der Waals surface area contributed by atoms with E-state index in [0.29, 0.717) is 11.5 Å². The fourth-order valence-electron chi connectivity index (χ4n) is 4.91. The second-order valence-corrected chi connectivity index (χ2v) is 9.05. The highest BCUT2D eigenvalue weighted by Gasteiger charge is 2.22. The van der Waals surface area contributed by atoms with Crippen LogP contribution in [0.3, 0.4) is 0 Å². The highest BCUT2D eigenvalue weighted by atomic mass is 16.1. The molecule has 0 heterocycles. The number of hydrogen-bond donors (Lipinski definition) is 1. The van der Waals surface area contributed by atoms with Crippen LogP contribution < -0.4 is 5.32 Å². The van der Waals surface area contributed by atoms with E-state index in [1.165, 1.54) is 69.9 Å². The van der Waals surface area contributed by atoms with Crippen LogP contribution in [0.2, 0.25) is 0 Å². The van der Waals surface area contributed by atoms with Crippen LogP contribution in [-0.4, -0.2) is 24.1 Å². The monoisotopic (exact) mass is 472 g/mol. The van der Waals surface area contributed by atoms with E-state index in [1.54, 1.807) is 7.05 Å². The number of nitrogens with zero attached hydrogens (tertiary/aromatic N) is 1. The summed E-state index contributed by atoms with van der Waals surface area (Å²) in [5, 5.41) is 2.76. The van der Waals surface area contributed by atoms with Gasteiger partial charge in [0.25, 0.3) is 5.91 Å². The lowest BCUT2D eigenvalue weighted by Gasteiger charge is -2.21. The van der Waals surface area contributed by atoms with Gasteiger partial charge in [0.2, 0.25) is 0 Å². The maximum absolute atomic E-state index is 12.3. The summed E-state index contributed by atoms with van der Waals surface area (Å²) in [6.07, 6.45) is 18.5. The number of nitrogens with one attached hydrogen (secondary N) is 1. The Morgan fingerprint density at radius 3 is 2.41 bits per heavy atom. The minimum atomic E-state index is -0.0489. The molecule has 4 heteroatoms. The Morgan fingerprint density at radius 1 is 1.00 bits per heavy atom. The number of carbonyl (C=O) groups is 1. The lowest BCUT2D eigenvalue weighted by atomic mass is 9.86. The Labute approximate surface area is 210 Å². The van der Waals surface area contributed by atoms with Gasteiger partial charge in [0.1, 0.15) is 0 Å². The number of allylic oxidation sites excluding steroid dienone is 2. The Bertz CT molecular complexity index is 726. The fourth-order valence-corrected chi connectivity index (χ4v) is 4.91. The molecule has 0 aromatic heterocycles. The first kappa shape index (κ1) is 32.1. The lowest BCUT2D eigenvalue weighted by molar-refractivity contribution is 0.0964. The van der Waals surface area contributed by atoms with Gasteiger partial charge in [-0.3, -0.25) is 9.79 Å². The Hall–Kier alpha value is -1.94. The molecule has 3 N–H and O–H groups in total. The average molecular weight is 473 g/mol. The van der Waals surface area contributed by atoms with E-state index >= 15 is 0 Å². The number of amides is 1. The van der Waals surface area contributed by atoms with E-state index in [-0.39, 0.29) is 11.4 Å². The lowest BCUT2D eigenvalue weighted by Crippen LogP contribution is -2.19. The second kappa shape index (κ2) is 19.4. The summed E-state index contributed by atoms with van der Waals surface area (Å²) in [5.74, 6) is 2.19. The molecule has 1 aromatic carbocycles. The molecule has 0 radical (unpaired) electrons. The minimum Gasteiger partial charge on any atom is -0.412 e. The van der Waals surface area contributed by atoms with Crippen LogP contribution in [0.4, 0.5) is 5.69 Å².